The van der Waals surface area contributed by atoms with Crippen molar-refractivity contribution < 1.29 is 14.2 Å². The first-order chi connectivity index (χ1) is 7.53. The van der Waals surface area contributed by atoms with Crippen molar-refractivity contribution in [2.24, 2.45) is 5.11 Å². The molecule has 0 aromatic rings. The Morgan fingerprint density at radius 2 is 2.25 bits per heavy atom. The standard InChI is InChI=1S/C10H17N3O3/c1-4-7-8-10(6-14-7,5-12-13-11)16-9(2,3)15-8/h7-8H,4-6H2,1-3H3/t7-,8-,10+/m1/s1. The van der Waals surface area contributed by atoms with Gasteiger partial charge in [-0.2, -0.15) is 0 Å². The number of rotatable bonds is 3. The van der Waals surface area contributed by atoms with E-state index in [1.807, 2.05) is 20.8 Å². The van der Waals surface area contributed by atoms with Gasteiger partial charge in [0.2, 0.25) is 0 Å². The molecule has 0 radical (unpaired) electrons. The molecule has 3 atom stereocenters. The van der Waals surface area contributed by atoms with Crippen molar-refractivity contribution >= 4 is 0 Å². The first-order valence-corrected chi connectivity index (χ1v) is 5.53. The second-order valence-corrected chi connectivity index (χ2v) is 4.75. The van der Waals surface area contributed by atoms with Crippen molar-refractivity contribution in [1.82, 2.24) is 0 Å². The molecule has 2 rings (SSSR count). The molecule has 0 unspecified atom stereocenters. The Morgan fingerprint density at radius 1 is 1.50 bits per heavy atom. The zero-order valence-electron chi connectivity index (χ0n) is 9.84. The van der Waals surface area contributed by atoms with Crippen LogP contribution in [0.2, 0.25) is 0 Å². The van der Waals surface area contributed by atoms with E-state index < -0.39 is 11.4 Å². The van der Waals surface area contributed by atoms with Gasteiger partial charge in [0.05, 0.1) is 19.3 Å². The molecule has 16 heavy (non-hydrogen) atoms. The van der Waals surface area contributed by atoms with Gasteiger partial charge in [-0.1, -0.05) is 12.0 Å². The van der Waals surface area contributed by atoms with Crippen molar-refractivity contribution in [2.75, 3.05) is 13.2 Å². The predicted molar refractivity (Wildman–Crippen MR) is 56.8 cm³/mol. The van der Waals surface area contributed by atoms with Crippen LogP contribution in [0.25, 0.3) is 10.4 Å². The van der Waals surface area contributed by atoms with E-state index in [-0.39, 0.29) is 18.8 Å². The van der Waals surface area contributed by atoms with E-state index in [2.05, 4.69) is 10.0 Å². The first-order valence-electron chi connectivity index (χ1n) is 5.53. The van der Waals surface area contributed by atoms with Crippen molar-refractivity contribution in [1.29, 1.82) is 0 Å². The van der Waals surface area contributed by atoms with Gasteiger partial charge in [0.15, 0.2) is 5.79 Å². The van der Waals surface area contributed by atoms with Crippen LogP contribution in [0.15, 0.2) is 5.11 Å². The number of ether oxygens (including phenoxy) is 3. The number of azide groups is 1. The Kier molecular flexibility index (Phi) is 2.84. The SMILES string of the molecule is CC[C@H]1OC[C@]2(CN=[N+]=[N-])OC(C)(C)O[C@H]12. The van der Waals surface area contributed by atoms with Gasteiger partial charge in [0, 0.05) is 4.91 Å². The Bertz CT molecular complexity index is 327. The van der Waals surface area contributed by atoms with E-state index in [0.29, 0.717) is 6.61 Å². The minimum absolute atomic E-state index is 0.0238. The van der Waals surface area contributed by atoms with E-state index in [9.17, 15) is 0 Å². The molecule has 6 nitrogen and oxygen atoms in total. The van der Waals surface area contributed by atoms with Crippen LogP contribution in [0.4, 0.5) is 0 Å². The quantitative estimate of drug-likeness (QED) is 0.420. The maximum atomic E-state index is 8.42. The Hall–Kier alpha value is -0.810. The largest absolute Gasteiger partial charge is 0.372 e. The molecular formula is C10H17N3O3. The van der Waals surface area contributed by atoms with Crippen LogP contribution in [0.3, 0.4) is 0 Å². The van der Waals surface area contributed by atoms with E-state index in [0.717, 1.165) is 6.42 Å². The molecule has 2 aliphatic rings. The van der Waals surface area contributed by atoms with Crippen molar-refractivity contribution in [3.63, 3.8) is 0 Å². The molecule has 0 spiro atoms. The van der Waals surface area contributed by atoms with E-state index in [1.54, 1.807) is 0 Å². The van der Waals surface area contributed by atoms with E-state index in [1.165, 1.54) is 0 Å². The topological polar surface area (TPSA) is 76.5 Å². The van der Waals surface area contributed by atoms with Gasteiger partial charge in [-0.3, -0.25) is 0 Å². The maximum absolute atomic E-state index is 8.42. The first kappa shape index (κ1) is 11.7. The second-order valence-electron chi connectivity index (χ2n) is 4.75. The lowest BCUT2D eigenvalue weighted by atomic mass is 9.96. The smallest absolute Gasteiger partial charge is 0.164 e. The normalized spacial score (nSPS) is 40.4. The summed E-state index contributed by atoms with van der Waals surface area (Å²) in [5, 5.41) is 3.62. The average molecular weight is 227 g/mol. The Labute approximate surface area is 94.5 Å². The Morgan fingerprint density at radius 3 is 2.88 bits per heavy atom. The summed E-state index contributed by atoms with van der Waals surface area (Å²) in [6, 6.07) is 0. The van der Waals surface area contributed by atoms with Gasteiger partial charge < -0.3 is 14.2 Å². The van der Waals surface area contributed by atoms with E-state index >= 15 is 0 Å². The summed E-state index contributed by atoms with van der Waals surface area (Å²) >= 11 is 0. The summed E-state index contributed by atoms with van der Waals surface area (Å²) < 4.78 is 17.4. The number of fused-ring (bicyclic) bond motifs is 1. The third-order valence-corrected chi connectivity index (χ3v) is 3.06. The summed E-state index contributed by atoms with van der Waals surface area (Å²) in [5.41, 5.74) is 7.82. The molecule has 2 saturated heterocycles. The molecule has 0 N–H and O–H groups in total. The van der Waals surface area contributed by atoms with Gasteiger partial charge in [0.1, 0.15) is 11.7 Å². The van der Waals surface area contributed by atoms with Crippen LogP contribution in [0, 0.1) is 0 Å². The lowest BCUT2D eigenvalue weighted by Gasteiger charge is -2.24. The van der Waals surface area contributed by atoms with Crippen LogP contribution in [0.1, 0.15) is 27.2 Å². The highest BCUT2D eigenvalue weighted by molar-refractivity contribution is 5.05. The molecular weight excluding hydrogens is 210 g/mol. The van der Waals surface area contributed by atoms with Crippen LogP contribution in [-0.4, -0.2) is 36.7 Å². The highest BCUT2D eigenvalue weighted by atomic mass is 16.8. The van der Waals surface area contributed by atoms with Crippen LogP contribution >= 0.6 is 0 Å². The van der Waals surface area contributed by atoms with Crippen LogP contribution in [-0.2, 0) is 14.2 Å². The van der Waals surface area contributed by atoms with E-state index in [4.69, 9.17) is 19.7 Å². The van der Waals surface area contributed by atoms with Gasteiger partial charge in [-0.25, -0.2) is 0 Å². The average Bonchev–Trinajstić information content (AvgIpc) is 2.65. The molecule has 0 bridgehead atoms. The number of hydrogen-bond donors (Lipinski definition) is 0. The summed E-state index contributed by atoms with van der Waals surface area (Å²) in [6.45, 7) is 6.47. The molecule has 0 saturated carbocycles. The molecule has 0 aliphatic carbocycles. The number of hydrogen-bond acceptors (Lipinski definition) is 4. The minimum Gasteiger partial charge on any atom is -0.372 e. The molecule has 2 heterocycles. The molecule has 90 valence electrons. The molecule has 0 aromatic heterocycles. The highest BCUT2D eigenvalue weighted by Gasteiger charge is 2.59. The Balaban J connectivity index is 2.23. The lowest BCUT2D eigenvalue weighted by Crippen LogP contribution is -2.44. The third kappa shape index (κ3) is 1.78. The van der Waals surface area contributed by atoms with Crippen molar-refractivity contribution in [3.8, 4) is 0 Å². The number of nitrogens with zero attached hydrogens (tertiary/aromatic N) is 3. The highest BCUT2D eigenvalue weighted by Crippen LogP contribution is 2.44. The summed E-state index contributed by atoms with van der Waals surface area (Å²) in [6.07, 6.45) is 0.746. The third-order valence-electron chi connectivity index (χ3n) is 3.06. The van der Waals surface area contributed by atoms with Gasteiger partial charge in [0.25, 0.3) is 0 Å². The van der Waals surface area contributed by atoms with Gasteiger partial charge >= 0.3 is 0 Å². The molecule has 2 fully saturated rings. The zero-order valence-corrected chi connectivity index (χ0v) is 9.84. The van der Waals surface area contributed by atoms with Crippen molar-refractivity contribution in [3.05, 3.63) is 10.4 Å². The lowest BCUT2D eigenvalue weighted by molar-refractivity contribution is -0.188. The fourth-order valence-electron chi connectivity index (χ4n) is 2.50. The fourth-order valence-corrected chi connectivity index (χ4v) is 2.50. The summed E-state index contributed by atoms with van der Waals surface area (Å²) in [5.74, 6) is -0.632. The molecule has 2 aliphatic heterocycles. The second kappa shape index (κ2) is 3.89. The maximum Gasteiger partial charge on any atom is 0.164 e. The molecule has 6 heteroatoms. The zero-order chi connectivity index (χ0) is 11.8. The summed E-state index contributed by atoms with van der Waals surface area (Å²) in [4.78, 5) is 2.79. The van der Waals surface area contributed by atoms with Crippen molar-refractivity contribution in [2.45, 2.75) is 50.8 Å². The fraction of sp³-hybridized carbons (Fsp3) is 1.00. The van der Waals surface area contributed by atoms with Crippen LogP contribution in [0.5, 0.6) is 0 Å². The predicted octanol–water partition coefficient (Wildman–Crippen LogP) is 2.00. The molecule has 0 aromatic carbocycles. The van der Waals surface area contributed by atoms with Gasteiger partial charge in [-0.15, -0.1) is 0 Å². The monoisotopic (exact) mass is 227 g/mol. The minimum atomic E-state index is -0.632. The van der Waals surface area contributed by atoms with Gasteiger partial charge in [-0.05, 0) is 25.8 Å². The van der Waals surface area contributed by atoms with Crippen LogP contribution < -0.4 is 0 Å². The summed E-state index contributed by atoms with van der Waals surface area (Å²) in [7, 11) is 0. The molecule has 0 amide bonds.